The lowest BCUT2D eigenvalue weighted by Crippen LogP contribution is -2.38. The zero-order valence-electron chi connectivity index (χ0n) is 16.8. The van der Waals surface area contributed by atoms with Gasteiger partial charge in [0.2, 0.25) is 5.78 Å². The van der Waals surface area contributed by atoms with Crippen molar-refractivity contribution in [2.45, 2.75) is 19.9 Å². The minimum atomic E-state index is -0.802. The number of nitro benzene ring substituents is 1. The van der Waals surface area contributed by atoms with E-state index in [1.165, 1.54) is 40.5 Å². The van der Waals surface area contributed by atoms with Gasteiger partial charge in [0.25, 0.3) is 11.6 Å². The summed E-state index contributed by atoms with van der Waals surface area (Å²) < 4.78 is 0. The van der Waals surface area contributed by atoms with Crippen LogP contribution in [0.15, 0.2) is 53.1 Å². The van der Waals surface area contributed by atoms with E-state index in [1.54, 1.807) is 17.5 Å². The topological polar surface area (TPSA) is 104 Å². The van der Waals surface area contributed by atoms with Gasteiger partial charge in [0.05, 0.1) is 21.4 Å². The van der Waals surface area contributed by atoms with E-state index in [2.05, 4.69) is 4.90 Å². The smallest absolute Gasteiger partial charge is 0.290 e. The molecule has 0 bridgehead atoms. The van der Waals surface area contributed by atoms with Crippen LogP contribution in [0, 0.1) is 10.1 Å². The van der Waals surface area contributed by atoms with Crippen molar-refractivity contribution in [2.24, 2.45) is 0 Å². The Morgan fingerprint density at radius 3 is 2.43 bits per heavy atom. The highest BCUT2D eigenvalue weighted by molar-refractivity contribution is 7.12. The number of hydrogen-bond acceptors (Lipinski definition) is 7. The fraction of sp³-hybridized carbons (Fsp3) is 0.333. The SMILES string of the molecule is CCN(CC)CCN1C(=O)C(O)=C(C(=O)c2cccs2)C1c1ccc([N+](=O)[O-])cc1. The van der Waals surface area contributed by atoms with Gasteiger partial charge >= 0.3 is 0 Å². The molecule has 9 heteroatoms. The molecule has 158 valence electrons. The average Bonchev–Trinajstić information content (AvgIpc) is 3.37. The molecule has 1 unspecified atom stereocenters. The van der Waals surface area contributed by atoms with Gasteiger partial charge in [-0.25, -0.2) is 0 Å². The van der Waals surface area contributed by atoms with Gasteiger partial charge < -0.3 is 14.9 Å². The minimum Gasteiger partial charge on any atom is -0.503 e. The lowest BCUT2D eigenvalue weighted by Gasteiger charge is -2.29. The number of aliphatic hydroxyl groups excluding tert-OH is 1. The summed E-state index contributed by atoms with van der Waals surface area (Å²) in [6.45, 7) is 6.54. The molecule has 0 saturated carbocycles. The molecular weight excluding hydrogens is 406 g/mol. The molecule has 3 rings (SSSR count). The summed E-state index contributed by atoms with van der Waals surface area (Å²) in [5.41, 5.74) is 0.463. The summed E-state index contributed by atoms with van der Waals surface area (Å²) in [7, 11) is 0. The molecule has 0 saturated heterocycles. The molecule has 0 spiro atoms. The molecule has 1 amide bonds. The number of ketones is 1. The Kier molecular flexibility index (Phi) is 6.63. The van der Waals surface area contributed by atoms with Crippen LogP contribution in [-0.2, 0) is 4.79 Å². The van der Waals surface area contributed by atoms with Crippen molar-refractivity contribution in [2.75, 3.05) is 26.2 Å². The number of non-ortho nitro benzene ring substituents is 1. The average molecular weight is 429 g/mol. The molecule has 0 fully saturated rings. The number of nitrogens with zero attached hydrogens (tertiary/aromatic N) is 3. The molecule has 1 aromatic carbocycles. The maximum Gasteiger partial charge on any atom is 0.290 e. The van der Waals surface area contributed by atoms with E-state index in [-0.39, 0.29) is 11.3 Å². The minimum absolute atomic E-state index is 0.0100. The first kappa shape index (κ1) is 21.7. The second-order valence-electron chi connectivity index (χ2n) is 6.85. The van der Waals surface area contributed by atoms with Crippen LogP contribution < -0.4 is 0 Å². The Morgan fingerprint density at radius 1 is 1.23 bits per heavy atom. The lowest BCUT2D eigenvalue weighted by atomic mass is 9.95. The molecule has 1 atom stereocenters. The summed E-state index contributed by atoms with van der Waals surface area (Å²) >= 11 is 1.23. The number of amides is 1. The summed E-state index contributed by atoms with van der Waals surface area (Å²) in [4.78, 5) is 40.5. The number of rotatable bonds is 9. The summed E-state index contributed by atoms with van der Waals surface area (Å²) in [6.07, 6.45) is 0. The molecule has 2 heterocycles. The predicted molar refractivity (Wildman–Crippen MR) is 114 cm³/mol. The van der Waals surface area contributed by atoms with Gasteiger partial charge in [0, 0.05) is 25.2 Å². The van der Waals surface area contributed by atoms with Crippen LogP contribution in [0.2, 0.25) is 0 Å². The largest absolute Gasteiger partial charge is 0.503 e. The molecule has 1 aliphatic heterocycles. The standard InChI is InChI=1S/C21H23N3O5S/c1-3-22(4-2)11-12-23-18(14-7-9-15(10-8-14)24(28)29)17(20(26)21(23)27)19(25)16-6-5-13-30-16/h5-10,13,18,26H,3-4,11-12H2,1-2H3. The van der Waals surface area contributed by atoms with Crippen LogP contribution >= 0.6 is 11.3 Å². The third kappa shape index (κ3) is 4.12. The Labute approximate surface area is 178 Å². The lowest BCUT2D eigenvalue weighted by molar-refractivity contribution is -0.384. The zero-order valence-corrected chi connectivity index (χ0v) is 17.6. The van der Waals surface area contributed by atoms with Crippen molar-refractivity contribution < 1.29 is 19.6 Å². The Morgan fingerprint density at radius 2 is 1.90 bits per heavy atom. The van der Waals surface area contributed by atoms with Crippen molar-refractivity contribution in [1.82, 2.24) is 9.80 Å². The van der Waals surface area contributed by atoms with Gasteiger partial charge in [0.15, 0.2) is 5.76 Å². The molecule has 1 aliphatic rings. The van der Waals surface area contributed by atoms with Crippen molar-refractivity contribution in [3.63, 3.8) is 0 Å². The second kappa shape index (κ2) is 9.19. The first-order valence-electron chi connectivity index (χ1n) is 9.68. The van der Waals surface area contributed by atoms with E-state index in [4.69, 9.17) is 0 Å². The molecule has 0 aliphatic carbocycles. The Balaban J connectivity index is 2.01. The summed E-state index contributed by atoms with van der Waals surface area (Å²) in [5.74, 6) is -1.58. The fourth-order valence-corrected chi connectivity index (χ4v) is 4.25. The van der Waals surface area contributed by atoms with E-state index < -0.39 is 28.4 Å². The number of carbonyl (C=O) groups is 2. The van der Waals surface area contributed by atoms with Gasteiger partial charge in [-0.1, -0.05) is 19.9 Å². The molecule has 8 nitrogen and oxygen atoms in total. The Bertz CT molecular complexity index is 965. The summed E-state index contributed by atoms with van der Waals surface area (Å²) in [5, 5.41) is 23.4. The number of nitro groups is 1. The first-order chi connectivity index (χ1) is 14.4. The maximum atomic E-state index is 13.1. The second-order valence-corrected chi connectivity index (χ2v) is 7.79. The van der Waals surface area contributed by atoms with E-state index in [1.807, 2.05) is 13.8 Å². The third-order valence-electron chi connectivity index (χ3n) is 5.26. The van der Waals surface area contributed by atoms with E-state index in [0.717, 1.165) is 13.1 Å². The number of thiophene rings is 1. The Hall–Kier alpha value is -3.04. The van der Waals surface area contributed by atoms with Crippen LogP contribution in [0.3, 0.4) is 0 Å². The molecule has 1 N–H and O–H groups in total. The van der Waals surface area contributed by atoms with Gasteiger partial charge in [-0.05, 0) is 42.2 Å². The first-order valence-corrected chi connectivity index (χ1v) is 10.6. The van der Waals surface area contributed by atoms with E-state index in [9.17, 15) is 24.8 Å². The van der Waals surface area contributed by atoms with Crippen LogP contribution in [0.1, 0.15) is 35.1 Å². The quantitative estimate of drug-likeness (QED) is 0.371. The third-order valence-corrected chi connectivity index (χ3v) is 6.13. The predicted octanol–water partition coefficient (Wildman–Crippen LogP) is 3.58. The fourth-order valence-electron chi connectivity index (χ4n) is 3.57. The monoisotopic (exact) mass is 429 g/mol. The molecule has 30 heavy (non-hydrogen) atoms. The van der Waals surface area contributed by atoms with Crippen molar-refractivity contribution >= 4 is 28.7 Å². The van der Waals surface area contributed by atoms with E-state index in [0.29, 0.717) is 23.5 Å². The molecule has 0 radical (unpaired) electrons. The maximum absolute atomic E-state index is 13.1. The number of Topliss-reactive ketones (excluding diaryl/α,β-unsaturated/α-hetero) is 1. The van der Waals surface area contributed by atoms with E-state index >= 15 is 0 Å². The van der Waals surface area contributed by atoms with Crippen LogP contribution in [0.25, 0.3) is 0 Å². The van der Waals surface area contributed by atoms with Crippen LogP contribution in [0.4, 0.5) is 5.69 Å². The van der Waals surface area contributed by atoms with Gasteiger partial charge in [-0.3, -0.25) is 19.7 Å². The van der Waals surface area contributed by atoms with Crippen molar-refractivity contribution in [3.05, 3.63) is 73.7 Å². The van der Waals surface area contributed by atoms with Crippen molar-refractivity contribution in [3.8, 4) is 0 Å². The highest BCUT2D eigenvalue weighted by Crippen LogP contribution is 2.39. The molecule has 2 aromatic rings. The molecule has 1 aromatic heterocycles. The normalized spacial score (nSPS) is 16.6. The number of likely N-dealkylation sites (N-methyl/N-ethyl adjacent to an activating group) is 1. The van der Waals surface area contributed by atoms with Gasteiger partial charge in [-0.15, -0.1) is 11.3 Å². The number of carbonyl (C=O) groups excluding carboxylic acids is 2. The highest BCUT2D eigenvalue weighted by Gasteiger charge is 2.43. The molecular formula is C21H23N3O5S. The van der Waals surface area contributed by atoms with Crippen LogP contribution in [-0.4, -0.2) is 57.7 Å². The highest BCUT2D eigenvalue weighted by atomic mass is 32.1. The number of aliphatic hydroxyl groups is 1. The van der Waals surface area contributed by atoms with Gasteiger partial charge in [-0.2, -0.15) is 0 Å². The summed E-state index contributed by atoms with van der Waals surface area (Å²) in [6, 6.07) is 8.30. The van der Waals surface area contributed by atoms with Crippen molar-refractivity contribution in [1.29, 1.82) is 0 Å². The number of hydrogen-bond donors (Lipinski definition) is 1. The van der Waals surface area contributed by atoms with Crippen LogP contribution in [0.5, 0.6) is 0 Å². The number of benzene rings is 1. The van der Waals surface area contributed by atoms with Gasteiger partial charge in [0.1, 0.15) is 0 Å². The zero-order chi connectivity index (χ0) is 21.8.